The van der Waals surface area contributed by atoms with E-state index in [9.17, 15) is 28.6 Å². The fraction of sp³-hybridized carbons (Fsp3) is 0.167. The summed E-state index contributed by atoms with van der Waals surface area (Å²) in [6.45, 7) is 1.56. The van der Waals surface area contributed by atoms with Crippen LogP contribution in [0, 0.1) is 28.4 Å². The van der Waals surface area contributed by atoms with Crippen molar-refractivity contribution in [3.05, 3.63) is 97.5 Å². The first kappa shape index (κ1) is 27.1. The van der Waals surface area contributed by atoms with E-state index in [0.717, 1.165) is 29.8 Å². The van der Waals surface area contributed by atoms with Crippen LogP contribution < -0.4 is 10.0 Å². The summed E-state index contributed by atoms with van der Waals surface area (Å²) in [5.74, 6) is -1.09. The predicted molar refractivity (Wildman–Crippen MR) is 137 cm³/mol. The monoisotopic (exact) mass is 546 g/mol. The van der Waals surface area contributed by atoms with E-state index in [-0.39, 0.29) is 28.6 Å². The summed E-state index contributed by atoms with van der Waals surface area (Å²) in [5.41, 5.74) is 2.17. The Morgan fingerprint density at radius 3 is 2.33 bits per heavy atom. The summed E-state index contributed by atoms with van der Waals surface area (Å²) in [6.07, 6.45) is -0.170. The second-order valence-electron chi connectivity index (χ2n) is 7.75. The maximum atomic E-state index is 12.4. The molecule has 1 atom stereocenters. The number of hydrogen-bond donors (Lipinski definition) is 2. The van der Waals surface area contributed by atoms with Crippen molar-refractivity contribution in [2.75, 3.05) is 11.9 Å². The third kappa shape index (κ3) is 6.59. The largest absolute Gasteiger partial charge is 0.326 e. The minimum Gasteiger partial charge on any atom is -0.326 e. The molecule has 0 aliphatic rings. The standard InChI is InChI=1S/C24H20Cl2N4O5S/c1-15-12-20(21(14-27)16-2-4-17(25)5-3-16)22(26)13-23(15)29-24(31)10-11-28-36(34,35)19-8-6-18(7-9-19)30(32)33/h2-9,12-13,21,28H,10-11H2,1H3,(H,29,31). The van der Waals surface area contributed by atoms with Crippen LogP contribution in [-0.4, -0.2) is 25.8 Å². The van der Waals surface area contributed by atoms with Crippen LogP contribution in [0.3, 0.4) is 0 Å². The van der Waals surface area contributed by atoms with Gasteiger partial charge in [-0.05, 0) is 53.9 Å². The Bertz CT molecular complexity index is 1440. The molecule has 0 saturated carbocycles. The van der Waals surface area contributed by atoms with Gasteiger partial charge >= 0.3 is 0 Å². The lowest BCUT2D eigenvalue weighted by Crippen LogP contribution is -2.28. The summed E-state index contributed by atoms with van der Waals surface area (Å²) in [6, 6.07) is 16.8. The van der Waals surface area contributed by atoms with Crippen LogP contribution in [0.1, 0.15) is 29.0 Å². The van der Waals surface area contributed by atoms with Crippen LogP contribution in [-0.2, 0) is 14.8 Å². The highest BCUT2D eigenvalue weighted by Crippen LogP contribution is 2.34. The Hall–Kier alpha value is -3.49. The maximum Gasteiger partial charge on any atom is 0.269 e. The molecule has 0 aliphatic heterocycles. The molecule has 9 nitrogen and oxygen atoms in total. The molecule has 3 aromatic rings. The number of carbonyl (C=O) groups is 1. The minimum atomic E-state index is -3.95. The van der Waals surface area contributed by atoms with E-state index in [1.165, 1.54) is 0 Å². The predicted octanol–water partition coefficient (Wildman–Crippen LogP) is 5.17. The molecule has 0 fully saturated rings. The Kier molecular flexibility index (Phi) is 8.66. The summed E-state index contributed by atoms with van der Waals surface area (Å²) >= 11 is 12.4. The lowest BCUT2D eigenvalue weighted by Gasteiger charge is -2.16. The molecule has 3 rings (SSSR count). The molecule has 1 amide bonds. The second kappa shape index (κ2) is 11.5. The lowest BCUT2D eigenvalue weighted by atomic mass is 9.91. The van der Waals surface area contributed by atoms with Gasteiger partial charge in [0.2, 0.25) is 15.9 Å². The van der Waals surface area contributed by atoms with Gasteiger partial charge in [0, 0.05) is 40.8 Å². The van der Waals surface area contributed by atoms with Crippen molar-refractivity contribution in [3.8, 4) is 6.07 Å². The van der Waals surface area contributed by atoms with Crippen molar-refractivity contribution >= 4 is 50.5 Å². The number of rotatable bonds is 9. The van der Waals surface area contributed by atoms with E-state index >= 15 is 0 Å². The van der Waals surface area contributed by atoms with Crippen molar-refractivity contribution in [3.63, 3.8) is 0 Å². The number of halogens is 2. The van der Waals surface area contributed by atoms with E-state index in [1.54, 1.807) is 43.3 Å². The number of non-ortho nitro benzene ring substituents is 1. The molecule has 1 unspecified atom stereocenters. The Morgan fingerprint density at radius 1 is 1.11 bits per heavy atom. The van der Waals surface area contributed by atoms with E-state index in [4.69, 9.17) is 23.2 Å². The van der Waals surface area contributed by atoms with Gasteiger partial charge in [0.05, 0.1) is 21.8 Å². The average Bonchev–Trinajstić information content (AvgIpc) is 2.83. The summed E-state index contributed by atoms with van der Waals surface area (Å²) < 4.78 is 27.0. The zero-order valence-electron chi connectivity index (χ0n) is 18.9. The van der Waals surface area contributed by atoms with Gasteiger partial charge in [0.25, 0.3) is 5.69 Å². The molecule has 0 saturated heterocycles. The summed E-state index contributed by atoms with van der Waals surface area (Å²) in [4.78, 5) is 22.3. The number of anilines is 1. The lowest BCUT2D eigenvalue weighted by molar-refractivity contribution is -0.384. The minimum absolute atomic E-state index is 0.153. The number of nitrogens with zero attached hydrogens (tertiary/aromatic N) is 2. The van der Waals surface area contributed by atoms with Crippen LogP contribution in [0.5, 0.6) is 0 Å². The van der Waals surface area contributed by atoms with Gasteiger partial charge < -0.3 is 5.32 Å². The molecular weight excluding hydrogens is 527 g/mol. The number of hydrogen-bond acceptors (Lipinski definition) is 6. The molecule has 3 aromatic carbocycles. The van der Waals surface area contributed by atoms with Crippen molar-refractivity contribution in [2.24, 2.45) is 0 Å². The fourth-order valence-corrected chi connectivity index (χ4v) is 4.81. The molecular formula is C24H20Cl2N4O5S. The number of benzene rings is 3. The van der Waals surface area contributed by atoms with Gasteiger partial charge in [-0.25, -0.2) is 13.1 Å². The highest BCUT2D eigenvalue weighted by atomic mass is 35.5. The van der Waals surface area contributed by atoms with E-state index in [2.05, 4.69) is 16.1 Å². The Balaban J connectivity index is 1.64. The smallest absolute Gasteiger partial charge is 0.269 e. The van der Waals surface area contributed by atoms with Crippen molar-refractivity contribution in [1.29, 1.82) is 5.26 Å². The van der Waals surface area contributed by atoms with Crippen molar-refractivity contribution < 1.29 is 18.1 Å². The molecule has 12 heteroatoms. The van der Waals surface area contributed by atoms with Gasteiger partial charge in [-0.3, -0.25) is 14.9 Å². The van der Waals surface area contributed by atoms with Crippen LogP contribution in [0.25, 0.3) is 0 Å². The first-order valence-corrected chi connectivity index (χ1v) is 12.7. The SMILES string of the molecule is Cc1cc(C(C#N)c2ccc(Cl)cc2)c(Cl)cc1NC(=O)CCNS(=O)(=O)c1ccc([N+](=O)[O-])cc1. The highest BCUT2D eigenvalue weighted by molar-refractivity contribution is 7.89. The molecule has 36 heavy (non-hydrogen) atoms. The molecule has 0 bridgehead atoms. The summed E-state index contributed by atoms with van der Waals surface area (Å²) in [5, 5.41) is 24.0. The quantitative estimate of drug-likeness (QED) is 0.280. The Labute approximate surface area is 217 Å². The number of carbonyl (C=O) groups excluding carboxylic acids is 1. The number of nitro benzene ring substituents is 1. The average molecular weight is 547 g/mol. The number of aryl methyl sites for hydroxylation is 1. The topological polar surface area (TPSA) is 142 Å². The van der Waals surface area contributed by atoms with Gasteiger partial charge in [0.1, 0.15) is 0 Å². The van der Waals surface area contributed by atoms with Crippen LogP contribution in [0.15, 0.2) is 65.6 Å². The zero-order valence-corrected chi connectivity index (χ0v) is 21.2. The van der Waals surface area contributed by atoms with Crippen molar-refractivity contribution in [2.45, 2.75) is 24.2 Å². The number of nitro groups is 1. The summed E-state index contributed by atoms with van der Waals surface area (Å²) in [7, 11) is -3.95. The molecule has 186 valence electrons. The van der Waals surface area contributed by atoms with Gasteiger partial charge in [-0.1, -0.05) is 41.4 Å². The van der Waals surface area contributed by atoms with E-state index in [1.807, 2.05) is 0 Å². The highest BCUT2D eigenvalue weighted by Gasteiger charge is 2.20. The number of sulfonamides is 1. The van der Waals surface area contributed by atoms with E-state index in [0.29, 0.717) is 21.8 Å². The van der Waals surface area contributed by atoms with Gasteiger partial charge in [-0.2, -0.15) is 5.26 Å². The number of amides is 1. The van der Waals surface area contributed by atoms with Crippen LogP contribution in [0.2, 0.25) is 10.0 Å². The molecule has 0 aliphatic carbocycles. The first-order chi connectivity index (χ1) is 17.0. The van der Waals surface area contributed by atoms with Crippen LogP contribution >= 0.6 is 23.2 Å². The van der Waals surface area contributed by atoms with Crippen LogP contribution in [0.4, 0.5) is 11.4 Å². The third-order valence-corrected chi connectivity index (χ3v) is 7.32. The van der Waals surface area contributed by atoms with E-state index < -0.39 is 26.8 Å². The normalized spacial score (nSPS) is 11.9. The van der Waals surface area contributed by atoms with Gasteiger partial charge in [0.15, 0.2) is 0 Å². The molecule has 2 N–H and O–H groups in total. The molecule has 0 radical (unpaired) electrons. The maximum absolute atomic E-state index is 12.4. The first-order valence-electron chi connectivity index (χ1n) is 10.5. The fourth-order valence-electron chi connectivity index (χ4n) is 3.38. The molecule has 0 aromatic heterocycles. The number of nitrogens with one attached hydrogen (secondary N) is 2. The number of nitriles is 1. The Morgan fingerprint density at radius 2 is 1.75 bits per heavy atom. The third-order valence-electron chi connectivity index (χ3n) is 5.26. The zero-order chi connectivity index (χ0) is 26.5. The van der Waals surface area contributed by atoms with Crippen molar-refractivity contribution in [1.82, 2.24) is 4.72 Å². The molecule has 0 spiro atoms. The van der Waals surface area contributed by atoms with Gasteiger partial charge in [-0.15, -0.1) is 0 Å². The molecule has 0 heterocycles. The second-order valence-corrected chi connectivity index (χ2v) is 10.4.